The van der Waals surface area contributed by atoms with Gasteiger partial charge in [0.2, 0.25) is 0 Å². The van der Waals surface area contributed by atoms with Crippen LogP contribution in [0.1, 0.15) is 26.3 Å². The third-order valence-electron chi connectivity index (χ3n) is 4.87. The molecule has 1 heterocycles. The second-order valence-electron chi connectivity index (χ2n) is 7.87. The van der Waals surface area contributed by atoms with Crippen LogP contribution in [0.2, 0.25) is 0 Å². The first-order chi connectivity index (χ1) is 12.9. The Morgan fingerprint density at radius 1 is 0.963 bits per heavy atom. The Morgan fingerprint density at radius 3 is 2.19 bits per heavy atom. The maximum absolute atomic E-state index is 12.5. The van der Waals surface area contributed by atoms with Crippen LogP contribution in [0.25, 0.3) is 0 Å². The highest BCUT2D eigenvalue weighted by atomic mass is 16.5. The molecule has 3 rings (SSSR count). The molecule has 0 aromatic heterocycles. The number of hydrogen-bond donors (Lipinski definition) is 1. The van der Waals surface area contributed by atoms with E-state index in [1.54, 1.807) is 0 Å². The van der Waals surface area contributed by atoms with Gasteiger partial charge in [-0.3, -0.25) is 4.90 Å². The molecule has 0 radical (unpaired) electrons. The molecule has 1 N–H and O–H groups in total. The van der Waals surface area contributed by atoms with E-state index in [1.165, 1.54) is 0 Å². The van der Waals surface area contributed by atoms with Crippen molar-refractivity contribution < 1.29 is 9.53 Å². The van der Waals surface area contributed by atoms with Crippen LogP contribution in [0, 0.1) is 0 Å². The molecular formula is C22H29N3O2. The standard InChI is InChI=1S/C22H29N3O2/c1-22(2,3)25-15-13-24(14-16-25)21(26)23-19-9-11-20(12-10-19)27-17-18-7-5-4-6-8-18/h4-12H,13-17H2,1-3H3,(H,23,26). The molecule has 1 saturated heterocycles. The molecule has 5 heteroatoms. The molecule has 5 nitrogen and oxygen atoms in total. The van der Waals surface area contributed by atoms with E-state index in [0.29, 0.717) is 6.61 Å². The smallest absolute Gasteiger partial charge is 0.321 e. The zero-order chi connectivity index (χ0) is 19.3. The molecule has 0 bridgehead atoms. The van der Waals surface area contributed by atoms with E-state index >= 15 is 0 Å². The second-order valence-corrected chi connectivity index (χ2v) is 7.87. The Kier molecular flexibility index (Phi) is 6.01. The molecule has 1 fully saturated rings. The summed E-state index contributed by atoms with van der Waals surface area (Å²) in [6, 6.07) is 17.5. The lowest BCUT2D eigenvalue weighted by atomic mass is 10.1. The maximum Gasteiger partial charge on any atom is 0.321 e. The molecule has 0 spiro atoms. The predicted octanol–water partition coefficient (Wildman–Crippen LogP) is 4.21. The predicted molar refractivity (Wildman–Crippen MR) is 109 cm³/mol. The minimum Gasteiger partial charge on any atom is -0.489 e. The van der Waals surface area contributed by atoms with Crippen LogP contribution in [0.5, 0.6) is 5.75 Å². The van der Waals surface area contributed by atoms with Gasteiger partial charge in [0, 0.05) is 37.4 Å². The van der Waals surface area contributed by atoms with Crippen LogP contribution in [0.4, 0.5) is 10.5 Å². The number of hydrogen-bond acceptors (Lipinski definition) is 3. The monoisotopic (exact) mass is 367 g/mol. The Labute approximate surface area is 161 Å². The van der Waals surface area contributed by atoms with Crippen LogP contribution in [-0.4, -0.2) is 47.5 Å². The van der Waals surface area contributed by atoms with Gasteiger partial charge in [-0.2, -0.15) is 0 Å². The summed E-state index contributed by atoms with van der Waals surface area (Å²) in [5, 5.41) is 2.98. The van der Waals surface area contributed by atoms with Crippen molar-refractivity contribution >= 4 is 11.7 Å². The third kappa shape index (κ3) is 5.47. The highest BCUT2D eigenvalue weighted by molar-refractivity contribution is 5.89. The lowest BCUT2D eigenvalue weighted by Gasteiger charge is -2.42. The largest absolute Gasteiger partial charge is 0.489 e. The summed E-state index contributed by atoms with van der Waals surface area (Å²) in [5.41, 5.74) is 2.06. The van der Waals surface area contributed by atoms with Crippen LogP contribution >= 0.6 is 0 Å². The van der Waals surface area contributed by atoms with Gasteiger partial charge >= 0.3 is 6.03 Å². The van der Waals surface area contributed by atoms with Crippen molar-refractivity contribution in [3.63, 3.8) is 0 Å². The number of urea groups is 1. The number of carbonyl (C=O) groups excluding carboxylic acids is 1. The van der Waals surface area contributed by atoms with E-state index in [4.69, 9.17) is 4.74 Å². The van der Waals surface area contributed by atoms with Crippen LogP contribution in [0.15, 0.2) is 54.6 Å². The van der Waals surface area contributed by atoms with Crippen LogP contribution in [-0.2, 0) is 6.61 Å². The Bertz CT molecular complexity index is 730. The van der Waals surface area contributed by atoms with Gasteiger partial charge in [-0.1, -0.05) is 30.3 Å². The normalized spacial score (nSPS) is 15.4. The van der Waals surface area contributed by atoms with E-state index in [-0.39, 0.29) is 11.6 Å². The minimum absolute atomic E-state index is 0.0403. The van der Waals surface area contributed by atoms with Gasteiger partial charge in [0.1, 0.15) is 12.4 Å². The topological polar surface area (TPSA) is 44.8 Å². The Balaban J connectivity index is 1.47. The summed E-state index contributed by atoms with van der Waals surface area (Å²) in [4.78, 5) is 16.8. The van der Waals surface area contributed by atoms with Gasteiger partial charge in [-0.05, 0) is 50.6 Å². The number of anilines is 1. The van der Waals surface area contributed by atoms with Gasteiger partial charge in [0.25, 0.3) is 0 Å². The van der Waals surface area contributed by atoms with E-state index < -0.39 is 0 Å². The zero-order valence-electron chi connectivity index (χ0n) is 16.4. The molecule has 1 aliphatic heterocycles. The third-order valence-corrected chi connectivity index (χ3v) is 4.87. The maximum atomic E-state index is 12.5. The molecule has 2 aromatic rings. The van der Waals surface area contributed by atoms with Crippen LogP contribution < -0.4 is 10.1 Å². The first kappa shape index (κ1) is 19.2. The summed E-state index contributed by atoms with van der Waals surface area (Å²) in [5.74, 6) is 0.788. The van der Waals surface area contributed by atoms with Crippen molar-refractivity contribution in [3.8, 4) is 5.75 Å². The molecule has 27 heavy (non-hydrogen) atoms. The lowest BCUT2D eigenvalue weighted by Crippen LogP contribution is -2.55. The van der Waals surface area contributed by atoms with E-state index in [2.05, 4.69) is 31.0 Å². The van der Waals surface area contributed by atoms with E-state index in [0.717, 1.165) is 43.2 Å². The van der Waals surface area contributed by atoms with Crippen molar-refractivity contribution in [2.45, 2.75) is 32.9 Å². The van der Waals surface area contributed by atoms with Gasteiger partial charge in [0.15, 0.2) is 0 Å². The SMILES string of the molecule is CC(C)(C)N1CCN(C(=O)Nc2ccc(OCc3ccccc3)cc2)CC1. The van der Waals surface area contributed by atoms with Crippen molar-refractivity contribution in [1.82, 2.24) is 9.80 Å². The molecule has 2 aromatic carbocycles. The van der Waals surface area contributed by atoms with Gasteiger partial charge in [0.05, 0.1) is 0 Å². The highest BCUT2D eigenvalue weighted by Gasteiger charge is 2.27. The van der Waals surface area contributed by atoms with Gasteiger partial charge in [-0.15, -0.1) is 0 Å². The average Bonchev–Trinajstić information content (AvgIpc) is 2.68. The quantitative estimate of drug-likeness (QED) is 0.880. The minimum atomic E-state index is -0.0403. The molecular weight excluding hydrogens is 338 g/mol. The molecule has 0 saturated carbocycles. The lowest BCUT2D eigenvalue weighted by molar-refractivity contribution is 0.0774. The number of nitrogens with one attached hydrogen (secondary N) is 1. The molecule has 0 unspecified atom stereocenters. The fourth-order valence-corrected chi connectivity index (χ4v) is 3.16. The number of rotatable bonds is 4. The van der Waals surface area contributed by atoms with Gasteiger partial charge in [-0.25, -0.2) is 4.79 Å². The molecule has 2 amide bonds. The molecule has 144 valence electrons. The summed E-state index contributed by atoms with van der Waals surface area (Å²) in [6.07, 6.45) is 0. The van der Waals surface area contributed by atoms with Crippen molar-refractivity contribution in [2.75, 3.05) is 31.5 Å². The summed E-state index contributed by atoms with van der Waals surface area (Å²) in [7, 11) is 0. The Morgan fingerprint density at radius 2 is 1.59 bits per heavy atom. The number of ether oxygens (including phenoxy) is 1. The number of amides is 2. The summed E-state index contributed by atoms with van der Waals surface area (Å²) >= 11 is 0. The first-order valence-corrected chi connectivity index (χ1v) is 9.49. The van der Waals surface area contributed by atoms with Crippen molar-refractivity contribution in [2.24, 2.45) is 0 Å². The van der Waals surface area contributed by atoms with Gasteiger partial charge < -0.3 is 15.0 Å². The fraction of sp³-hybridized carbons (Fsp3) is 0.409. The summed E-state index contributed by atoms with van der Waals surface area (Å²) in [6.45, 7) is 10.5. The number of piperazine rings is 1. The van der Waals surface area contributed by atoms with Crippen LogP contribution in [0.3, 0.4) is 0 Å². The van der Waals surface area contributed by atoms with Crippen molar-refractivity contribution in [3.05, 3.63) is 60.2 Å². The first-order valence-electron chi connectivity index (χ1n) is 9.49. The number of carbonyl (C=O) groups is 1. The number of benzene rings is 2. The van der Waals surface area contributed by atoms with E-state index in [1.807, 2.05) is 59.5 Å². The number of nitrogens with zero attached hydrogens (tertiary/aromatic N) is 2. The molecule has 0 atom stereocenters. The average molecular weight is 367 g/mol. The molecule has 1 aliphatic rings. The zero-order valence-corrected chi connectivity index (χ0v) is 16.4. The Hall–Kier alpha value is -2.53. The van der Waals surface area contributed by atoms with Crippen molar-refractivity contribution in [1.29, 1.82) is 0 Å². The summed E-state index contributed by atoms with van der Waals surface area (Å²) < 4.78 is 5.78. The highest BCUT2D eigenvalue weighted by Crippen LogP contribution is 2.19. The second kappa shape index (κ2) is 8.44. The fourth-order valence-electron chi connectivity index (χ4n) is 3.16. The molecule has 0 aliphatic carbocycles. The van der Waals surface area contributed by atoms with E-state index in [9.17, 15) is 4.79 Å².